The molecule has 0 aromatic heterocycles. The fourth-order valence-electron chi connectivity index (χ4n) is 2.98. The lowest BCUT2D eigenvalue weighted by atomic mass is 9.92. The van der Waals surface area contributed by atoms with E-state index in [1.165, 1.54) is 0 Å². The first kappa shape index (κ1) is 25.7. The summed E-state index contributed by atoms with van der Waals surface area (Å²) in [5.41, 5.74) is -0.607. The van der Waals surface area contributed by atoms with E-state index in [-0.39, 0.29) is 12.1 Å². The summed E-state index contributed by atoms with van der Waals surface area (Å²) in [6, 6.07) is 0.479. The van der Waals surface area contributed by atoms with E-state index >= 15 is 0 Å². The highest BCUT2D eigenvalue weighted by atomic mass is 31.2. The molecule has 0 spiro atoms. The van der Waals surface area contributed by atoms with Crippen LogP contribution >= 0.6 is 8.53 Å². The molecule has 0 aliphatic heterocycles. The van der Waals surface area contributed by atoms with Crippen LogP contribution in [-0.4, -0.2) is 110 Å². The van der Waals surface area contributed by atoms with Crippen LogP contribution in [0.3, 0.4) is 0 Å². The molecule has 0 aliphatic rings. The second-order valence-corrected chi connectivity index (χ2v) is 9.65. The second kappa shape index (κ2) is 19.5. The molecular weight excluding hydrogens is 425 g/mol. The maximum absolute atomic E-state index is 6.82. The minimum atomic E-state index is -1.31. The van der Waals surface area contributed by atoms with E-state index in [0.717, 1.165) is 0 Å². The van der Waals surface area contributed by atoms with Crippen molar-refractivity contribution in [1.82, 2.24) is 4.67 Å². The van der Waals surface area contributed by atoms with Gasteiger partial charge in [0.15, 0.2) is 0 Å². The van der Waals surface area contributed by atoms with Gasteiger partial charge in [0.1, 0.15) is 0 Å². The van der Waals surface area contributed by atoms with Crippen molar-refractivity contribution in [2.24, 2.45) is 5.41 Å². The Morgan fingerprint density at radius 1 is 0.774 bits per heavy atom. The lowest BCUT2D eigenvalue weighted by Crippen LogP contribution is -2.43. The van der Waals surface area contributed by atoms with Crippen LogP contribution in [0.1, 0.15) is 47.0 Å². The molecule has 9 nitrogen and oxygen atoms in total. The first-order valence-electron chi connectivity index (χ1n) is 12.3. The normalized spacial score (nSPS) is 14.9. The van der Waals surface area contributed by atoms with Crippen LogP contribution < -0.4 is 0 Å². The van der Waals surface area contributed by atoms with E-state index in [1.807, 2.05) is 0 Å². The molecule has 3 N–H and O–H groups in total. The van der Waals surface area contributed by atoms with Gasteiger partial charge < -0.3 is 38.6 Å². The topological polar surface area (TPSA) is 110 Å². The van der Waals surface area contributed by atoms with Crippen molar-refractivity contribution in [1.29, 1.82) is 4.29 Å². The largest absolute Gasteiger partial charge is 0.396 e. The molecule has 31 heavy (non-hydrogen) atoms. The van der Waals surface area contributed by atoms with Gasteiger partial charge >= 0.3 is 0 Å². The Morgan fingerprint density at radius 3 is 1.52 bits per heavy atom. The van der Waals surface area contributed by atoms with Crippen LogP contribution in [0.2, 0.25) is 0 Å². The standard InChI is InChI=1S/C21H46NO8P/c1-19(2)22(20(3)4)31(26-5)30-18-21(15-27-12-6-9-23,16-28-13-7-10-24)17-29-14-8-11-25/h19-20,23-25H,6-18H2,1-5H3/i23D,24D,25D. The molecule has 0 fully saturated rings. The van der Waals surface area contributed by atoms with E-state index in [1.54, 1.807) is 7.11 Å². The third-order valence-electron chi connectivity index (χ3n) is 4.41. The van der Waals surface area contributed by atoms with E-state index in [0.29, 0.717) is 85.3 Å². The van der Waals surface area contributed by atoms with Crippen LogP contribution in [0.4, 0.5) is 0 Å². The van der Waals surface area contributed by atoms with Crippen molar-refractivity contribution < 1.29 is 38.6 Å². The molecule has 0 bridgehead atoms. The van der Waals surface area contributed by atoms with Gasteiger partial charge in [0.25, 0.3) is 8.53 Å². The van der Waals surface area contributed by atoms with E-state index < -0.39 is 13.9 Å². The Labute approximate surface area is 194 Å². The number of hydrogen-bond donors (Lipinski definition) is 3. The lowest BCUT2D eigenvalue weighted by Gasteiger charge is -2.38. The average molecular weight is 475 g/mol. The summed E-state index contributed by atoms with van der Waals surface area (Å²) < 4.78 is 52.5. The predicted molar refractivity (Wildman–Crippen MR) is 122 cm³/mol. The molecule has 0 aromatic carbocycles. The van der Waals surface area contributed by atoms with E-state index in [2.05, 4.69) is 47.7 Å². The summed E-state index contributed by atoms with van der Waals surface area (Å²) in [7, 11) is 0.344. The Morgan fingerprint density at radius 2 is 1.19 bits per heavy atom. The Balaban J connectivity index is 5.38. The van der Waals surface area contributed by atoms with Crippen molar-refractivity contribution in [3.8, 4) is 0 Å². The van der Waals surface area contributed by atoms with Crippen LogP contribution in [0.25, 0.3) is 0 Å². The van der Waals surface area contributed by atoms with Gasteiger partial charge in [0.05, 0.1) is 31.8 Å². The Bertz CT molecular complexity index is 414. The van der Waals surface area contributed by atoms with Gasteiger partial charge in [-0.25, -0.2) is 4.67 Å². The van der Waals surface area contributed by atoms with Crippen molar-refractivity contribution >= 4 is 8.53 Å². The number of hydrogen-bond acceptors (Lipinski definition) is 9. The van der Waals surface area contributed by atoms with E-state index in [4.69, 9.17) is 27.6 Å². The van der Waals surface area contributed by atoms with Crippen LogP contribution in [-0.2, 0) is 23.3 Å². The summed E-state index contributed by atoms with van der Waals surface area (Å²) in [5, 5.41) is 13.1. The third kappa shape index (κ3) is 14.0. The summed E-state index contributed by atoms with van der Waals surface area (Å²) >= 11 is 0. The quantitative estimate of drug-likeness (QED) is 0.135. The maximum Gasteiger partial charge on any atom is 0.258 e. The van der Waals surface area contributed by atoms with Gasteiger partial charge in [0, 0.05) is 58.8 Å². The molecule has 0 aliphatic carbocycles. The molecule has 1 atom stereocenters. The van der Waals surface area contributed by atoms with Crippen molar-refractivity contribution in [2.45, 2.75) is 59.0 Å². The highest BCUT2D eigenvalue weighted by Crippen LogP contribution is 2.46. The lowest BCUT2D eigenvalue weighted by molar-refractivity contribution is -0.0921. The molecule has 0 rings (SSSR count). The molecule has 0 saturated carbocycles. The van der Waals surface area contributed by atoms with Gasteiger partial charge in [-0.2, -0.15) is 0 Å². The molecule has 0 saturated heterocycles. The van der Waals surface area contributed by atoms with Crippen molar-refractivity contribution in [3.63, 3.8) is 0 Å². The van der Waals surface area contributed by atoms with Gasteiger partial charge in [-0.15, -0.1) is 0 Å². The molecule has 0 amide bonds. The monoisotopic (exact) mass is 474 g/mol. The maximum atomic E-state index is 6.82. The van der Waals surface area contributed by atoms with E-state index in [9.17, 15) is 0 Å². The number of ether oxygens (including phenoxy) is 3. The van der Waals surface area contributed by atoms with Gasteiger partial charge in [-0.3, -0.25) is 0 Å². The van der Waals surface area contributed by atoms with Crippen molar-refractivity contribution in [3.05, 3.63) is 0 Å². The predicted octanol–water partition coefficient (Wildman–Crippen LogP) is 2.18. The summed E-state index contributed by atoms with van der Waals surface area (Å²) in [5.74, 6) is 0. The number of aliphatic hydroxyl groups excluding tert-OH is 3. The molecule has 188 valence electrons. The molecule has 1 unspecified atom stereocenters. The summed E-state index contributed by atoms with van der Waals surface area (Å²) in [4.78, 5) is 0. The molecule has 0 aromatic rings. The summed E-state index contributed by atoms with van der Waals surface area (Å²) in [6.07, 6.45) is 1.80. The van der Waals surface area contributed by atoms with Crippen LogP contribution in [0.15, 0.2) is 0 Å². The van der Waals surface area contributed by atoms with Gasteiger partial charge in [-0.05, 0) is 47.0 Å². The number of aliphatic hydroxyl groups is 3. The molecule has 10 heteroatoms. The molecular formula is C21H46NO8P. The SMILES string of the molecule is [2H]OCCCOCC(COCCCO[2H])(COCCCO[2H])COP(OC)N(C(C)C)C(C)C. The first-order chi connectivity index (χ1) is 16.4. The number of nitrogens with zero attached hydrogens (tertiary/aromatic N) is 1. The van der Waals surface area contributed by atoms with Crippen LogP contribution in [0, 0.1) is 5.41 Å². The fourth-order valence-corrected chi connectivity index (χ4v) is 4.54. The third-order valence-corrected chi connectivity index (χ3v) is 6.37. The zero-order chi connectivity index (χ0) is 25.7. The van der Waals surface area contributed by atoms with Crippen molar-refractivity contribution in [2.75, 3.05) is 73.2 Å². The van der Waals surface area contributed by atoms with Crippen LogP contribution in [0.5, 0.6) is 0 Å². The van der Waals surface area contributed by atoms with Gasteiger partial charge in [-0.1, -0.05) is 0 Å². The highest BCUT2D eigenvalue weighted by molar-refractivity contribution is 7.44. The minimum Gasteiger partial charge on any atom is -0.396 e. The first-order valence-corrected chi connectivity index (χ1v) is 12.2. The zero-order valence-corrected chi connectivity index (χ0v) is 20.9. The Kier molecular flexibility index (Phi) is 16.2. The fraction of sp³-hybridized carbons (Fsp3) is 1.00. The number of rotatable bonds is 25. The average Bonchev–Trinajstić information content (AvgIpc) is 2.80. The van der Waals surface area contributed by atoms with Gasteiger partial charge in [0.2, 0.25) is 4.29 Å². The molecule has 0 heterocycles. The second-order valence-electron chi connectivity index (χ2n) is 8.09. The molecule has 0 radical (unpaired) electrons. The minimum absolute atomic E-state index is 0.240. The Hall–Kier alpha value is 0.0700. The smallest absolute Gasteiger partial charge is 0.258 e. The summed E-state index contributed by atoms with van der Waals surface area (Å²) in [6.45, 7) is 11.9. The highest BCUT2D eigenvalue weighted by Gasteiger charge is 2.36. The zero-order valence-electron chi connectivity index (χ0n) is 23.0.